The number of nitrogens with one attached hydrogen (secondary N) is 1. The first-order chi connectivity index (χ1) is 7.95. The van der Waals surface area contributed by atoms with Crippen LogP contribution in [0.4, 0.5) is 0 Å². The van der Waals surface area contributed by atoms with E-state index in [1.807, 2.05) is 13.8 Å². The van der Waals surface area contributed by atoms with E-state index in [1.165, 1.54) is 18.2 Å². The van der Waals surface area contributed by atoms with E-state index in [0.29, 0.717) is 5.92 Å². The number of rotatable bonds is 4. The van der Waals surface area contributed by atoms with E-state index in [4.69, 9.17) is 0 Å². The quantitative estimate of drug-likeness (QED) is 0.444. The lowest BCUT2D eigenvalue weighted by Crippen LogP contribution is -2.39. The van der Waals surface area contributed by atoms with Gasteiger partial charge in [-0.05, 0) is 24.1 Å². The molecule has 1 aromatic carbocycles. The van der Waals surface area contributed by atoms with Gasteiger partial charge in [-0.2, -0.15) is 0 Å². The van der Waals surface area contributed by atoms with Gasteiger partial charge < -0.3 is 15.5 Å². The number of phenolic OH excluding ortho intramolecular Hbond substituents is 2. The van der Waals surface area contributed by atoms with Crippen LogP contribution < -0.4 is 5.32 Å². The van der Waals surface area contributed by atoms with Crippen LogP contribution in [0, 0.1) is 5.92 Å². The predicted molar refractivity (Wildman–Crippen MR) is 74.8 cm³/mol. The van der Waals surface area contributed by atoms with Crippen molar-refractivity contribution in [1.82, 2.24) is 5.32 Å². The zero-order chi connectivity index (χ0) is 13.0. The van der Waals surface area contributed by atoms with Crippen molar-refractivity contribution < 1.29 is 15.0 Å². The Morgan fingerprint density at radius 3 is 2.59 bits per heavy atom. The summed E-state index contributed by atoms with van der Waals surface area (Å²) in [6.07, 6.45) is 0. The molecule has 0 fully saturated rings. The zero-order valence-corrected chi connectivity index (χ0v) is 11.9. The van der Waals surface area contributed by atoms with Crippen molar-refractivity contribution in [1.29, 1.82) is 0 Å². The standard InChI is InChI=1S/C12H16INO3/c1-7(2)10(6-13)14-12(17)9-5-8(15)3-4-11(9)16/h3-5,7,10,15-16H,6H2,1-2H3,(H,14,17). The van der Waals surface area contributed by atoms with Crippen LogP contribution in [0.3, 0.4) is 0 Å². The lowest BCUT2D eigenvalue weighted by Gasteiger charge is -2.20. The maximum atomic E-state index is 11.9. The van der Waals surface area contributed by atoms with E-state index in [1.54, 1.807) is 0 Å². The second-order valence-electron chi connectivity index (χ2n) is 4.18. The molecule has 0 radical (unpaired) electrons. The fourth-order valence-electron chi connectivity index (χ4n) is 1.34. The summed E-state index contributed by atoms with van der Waals surface area (Å²) in [7, 11) is 0. The number of phenols is 2. The van der Waals surface area contributed by atoms with E-state index >= 15 is 0 Å². The van der Waals surface area contributed by atoms with E-state index in [9.17, 15) is 15.0 Å². The largest absolute Gasteiger partial charge is 0.508 e. The van der Waals surface area contributed by atoms with Crippen LogP contribution in [0.25, 0.3) is 0 Å². The summed E-state index contributed by atoms with van der Waals surface area (Å²) < 4.78 is 0.792. The van der Waals surface area contributed by atoms with Gasteiger partial charge in [0, 0.05) is 10.5 Å². The Kier molecular flexibility index (Phi) is 5.04. The molecule has 94 valence electrons. The number of aromatic hydroxyl groups is 2. The van der Waals surface area contributed by atoms with Gasteiger partial charge in [0.15, 0.2) is 0 Å². The highest BCUT2D eigenvalue weighted by molar-refractivity contribution is 14.1. The van der Waals surface area contributed by atoms with Crippen LogP contribution >= 0.6 is 22.6 Å². The van der Waals surface area contributed by atoms with Gasteiger partial charge >= 0.3 is 0 Å². The maximum absolute atomic E-state index is 11.9. The highest BCUT2D eigenvalue weighted by Gasteiger charge is 2.18. The second-order valence-corrected chi connectivity index (χ2v) is 5.06. The molecule has 1 atom stereocenters. The summed E-state index contributed by atoms with van der Waals surface area (Å²) in [6.45, 7) is 4.04. The molecule has 0 spiro atoms. The number of hydrogen-bond donors (Lipinski definition) is 3. The normalized spacial score (nSPS) is 12.5. The molecule has 5 heteroatoms. The van der Waals surface area contributed by atoms with Crippen molar-refractivity contribution in [2.75, 3.05) is 4.43 Å². The number of carbonyl (C=O) groups is 1. The monoisotopic (exact) mass is 349 g/mol. The summed E-state index contributed by atoms with van der Waals surface area (Å²) in [4.78, 5) is 11.9. The van der Waals surface area contributed by atoms with Crippen molar-refractivity contribution in [3.8, 4) is 11.5 Å². The zero-order valence-electron chi connectivity index (χ0n) is 9.77. The van der Waals surface area contributed by atoms with Gasteiger partial charge in [0.05, 0.1) is 5.56 Å². The third kappa shape index (κ3) is 3.76. The topological polar surface area (TPSA) is 69.6 Å². The molecule has 1 aromatic rings. The molecule has 17 heavy (non-hydrogen) atoms. The maximum Gasteiger partial charge on any atom is 0.255 e. The number of alkyl halides is 1. The molecule has 4 nitrogen and oxygen atoms in total. The minimum absolute atomic E-state index is 0.0384. The average Bonchev–Trinajstić information content (AvgIpc) is 2.28. The van der Waals surface area contributed by atoms with Gasteiger partial charge in [-0.15, -0.1) is 0 Å². The van der Waals surface area contributed by atoms with E-state index in [0.717, 1.165) is 4.43 Å². The fraction of sp³-hybridized carbons (Fsp3) is 0.417. The van der Waals surface area contributed by atoms with Gasteiger partial charge in [-0.25, -0.2) is 0 Å². The molecule has 1 rings (SSSR count). The fourth-order valence-corrected chi connectivity index (χ4v) is 2.57. The van der Waals surface area contributed by atoms with Crippen molar-refractivity contribution >= 4 is 28.5 Å². The molecule has 0 aliphatic carbocycles. The van der Waals surface area contributed by atoms with Crippen LogP contribution in [0.5, 0.6) is 11.5 Å². The van der Waals surface area contributed by atoms with Crippen molar-refractivity contribution in [2.45, 2.75) is 19.9 Å². The summed E-state index contributed by atoms with van der Waals surface area (Å²) >= 11 is 2.21. The number of hydrogen-bond acceptors (Lipinski definition) is 3. The first kappa shape index (κ1) is 14.1. The second kappa shape index (κ2) is 6.09. The molecule has 1 unspecified atom stereocenters. The van der Waals surface area contributed by atoms with Gasteiger partial charge in [0.1, 0.15) is 11.5 Å². The third-order valence-corrected chi connectivity index (χ3v) is 3.46. The van der Waals surface area contributed by atoms with E-state index < -0.39 is 0 Å². The summed E-state index contributed by atoms with van der Waals surface area (Å²) in [6, 6.07) is 3.95. The lowest BCUT2D eigenvalue weighted by atomic mass is 10.1. The molecular weight excluding hydrogens is 333 g/mol. The molecule has 3 N–H and O–H groups in total. The van der Waals surface area contributed by atoms with Gasteiger partial charge in [-0.3, -0.25) is 4.79 Å². The number of halogens is 1. The molecule has 0 aliphatic heterocycles. The first-order valence-corrected chi connectivity index (χ1v) is 6.87. The summed E-state index contributed by atoms with van der Waals surface area (Å²) in [5.41, 5.74) is 0.0977. The molecule has 0 saturated heterocycles. The van der Waals surface area contributed by atoms with Gasteiger partial charge in [0.25, 0.3) is 5.91 Å². The highest BCUT2D eigenvalue weighted by Crippen LogP contribution is 2.22. The molecule has 0 bridgehead atoms. The van der Waals surface area contributed by atoms with Gasteiger partial charge in [-0.1, -0.05) is 36.4 Å². The average molecular weight is 349 g/mol. The minimum Gasteiger partial charge on any atom is -0.508 e. The molecule has 0 saturated carbocycles. The Balaban J connectivity index is 2.86. The summed E-state index contributed by atoms with van der Waals surface area (Å²) in [5.74, 6) is -0.219. The number of carbonyl (C=O) groups excluding carboxylic acids is 1. The van der Waals surface area contributed by atoms with Crippen molar-refractivity contribution in [3.05, 3.63) is 23.8 Å². The van der Waals surface area contributed by atoms with Gasteiger partial charge in [0.2, 0.25) is 0 Å². The lowest BCUT2D eigenvalue weighted by molar-refractivity contribution is 0.0929. The predicted octanol–water partition coefficient (Wildman–Crippen LogP) is 2.29. The Labute approximate surface area is 114 Å². The molecule has 1 amide bonds. The van der Waals surface area contributed by atoms with E-state index in [-0.39, 0.29) is 29.0 Å². The van der Waals surface area contributed by atoms with Crippen LogP contribution in [-0.2, 0) is 0 Å². The van der Waals surface area contributed by atoms with Crippen LogP contribution in [-0.4, -0.2) is 26.6 Å². The molecule has 0 heterocycles. The Morgan fingerprint density at radius 1 is 1.41 bits per heavy atom. The highest BCUT2D eigenvalue weighted by atomic mass is 127. The van der Waals surface area contributed by atoms with Crippen LogP contribution in [0.15, 0.2) is 18.2 Å². The Bertz CT molecular complexity index is 407. The minimum atomic E-state index is -0.367. The molecule has 0 aromatic heterocycles. The smallest absolute Gasteiger partial charge is 0.255 e. The number of benzene rings is 1. The van der Waals surface area contributed by atoms with E-state index in [2.05, 4.69) is 27.9 Å². The van der Waals surface area contributed by atoms with Crippen LogP contribution in [0.2, 0.25) is 0 Å². The SMILES string of the molecule is CC(C)C(CI)NC(=O)c1cc(O)ccc1O. The Morgan fingerprint density at radius 2 is 2.06 bits per heavy atom. The molecule has 0 aliphatic rings. The van der Waals surface area contributed by atoms with Crippen molar-refractivity contribution in [2.24, 2.45) is 5.92 Å². The van der Waals surface area contributed by atoms with Crippen LogP contribution in [0.1, 0.15) is 24.2 Å². The Hall–Kier alpha value is -0.980. The first-order valence-electron chi connectivity index (χ1n) is 5.34. The van der Waals surface area contributed by atoms with Crippen molar-refractivity contribution in [3.63, 3.8) is 0 Å². The number of amides is 1. The summed E-state index contributed by atoms with van der Waals surface area (Å²) in [5, 5.41) is 21.7. The third-order valence-electron chi connectivity index (χ3n) is 2.51. The molecular formula is C12H16INO3.